The molecule has 0 bridgehead atoms. The van der Waals surface area contributed by atoms with Gasteiger partial charge in [0.25, 0.3) is 0 Å². The molecule has 1 amide bonds. The number of piperidine rings is 1. The second kappa shape index (κ2) is 9.28. The summed E-state index contributed by atoms with van der Waals surface area (Å²) >= 11 is 6.79. The molecule has 2 aromatic heterocycles. The normalized spacial score (nSPS) is 14.8. The Labute approximate surface area is 187 Å². The van der Waals surface area contributed by atoms with Gasteiger partial charge in [0.1, 0.15) is 5.82 Å². The highest BCUT2D eigenvalue weighted by atomic mass is 79.9. The highest BCUT2D eigenvalue weighted by Gasteiger charge is 2.24. The van der Waals surface area contributed by atoms with Gasteiger partial charge in [0.05, 0.1) is 10.6 Å². The van der Waals surface area contributed by atoms with Crippen LogP contribution in [-0.4, -0.2) is 33.9 Å². The zero-order chi connectivity index (χ0) is 20.2. The Morgan fingerprint density at radius 2 is 2.03 bits per heavy atom. The molecule has 3 aromatic rings. The molecule has 150 valence electrons. The highest BCUT2D eigenvalue weighted by molar-refractivity contribution is 9.10. The number of nitrogens with one attached hydrogen (secondary N) is 1. The minimum Gasteiger partial charge on any atom is -0.343 e. The van der Waals surface area contributed by atoms with Gasteiger partial charge in [-0.1, -0.05) is 30.0 Å². The molecule has 3 heterocycles. The van der Waals surface area contributed by atoms with Crippen molar-refractivity contribution in [3.8, 4) is 0 Å². The lowest BCUT2D eigenvalue weighted by Crippen LogP contribution is -2.36. The number of nitrogens with zero attached hydrogens (tertiary/aromatic N) is 3. The van der Waals surface area contributed by atoms with Gasteiger partial charge < -0.3 is 10.2 Å². The van der Waals surface area contributed by atoms with E-state index in [2.05, 4.69) is 49.8 Å². The molecule has 0 unspecified atom stereocenters. The number of amides is 1. The summed E-state index contributed by atoms with van der Waals surface area (Å²) in [6.45, 7) is 3.26. The highest BCUT2D eigenvalue weighted by Crippen LogP contribution is 2.37. The molecular weight excluding hydrogens is 468 g/mol. The molecule has 4 rings (SSSR count). The third kappa shape index (κ3) is 5.18. The van der Waals surface area contributed by atoms with Gasteiger partial charge in [0.15, 0.2) is 5.13 Å². The van der Waals surface area contributed by atoms with E-state index in [9.17, 15) is 4.79 Å². The minimum absolute atomic E-state index is 0.161. The summed E-state index contributed by atoms with van der Waals surface area (Å²) in [7, 11) is 0. The Morgan fingerprint density at radius 1 is 1.28 bits per heavy atom. The Morgan fingerprint density at radius 3 is 2.76 bits per heavy atom. The summed E-state index contributed by atoms with van der Waals surface area (Å²) in [4.78, 5) is 25.0. The van der Waals surface area contributed by atoms with Crippen molar-refractivity contribution >= 4 is 55.9 Å². The lowest BCUT2D eigenvalue weighted by atomic mass is 9.94. The van der Waals surface area contributed by atoms with Crippen molar-refractivity contribution in [1.29, 1.82) is 0 Å². The van der Waals surface area contributed by atoms with E-state index in [4.69, 9.17) is 4.98 Å². The summed E-state index contributed by atoms with van der Waals surface area (Å²) in [6, 6.07) is 12.3. The van der Waals surface area contributed by atoms with Crippen LogP contribution in [0.15, 0.2) is 62.2 Å². The number of pyridine rings is 1. The van der Waals surface area contributed by atoms with Gasteiger partial charge in [-0.2, -0.15) is 0 Å². The van der Waals surface area contributed by atoms with Crippen molar-refractivity contribution in [3.63, 3.8) is 0 Å². The van der Waals surface area contributed by atoms with Crippen LogP contribution in [0.4, 0.5) is 10.9 Å². The Kier molecular flexibility index (Phi) is 6.52. The number of hydrogen-bond donors (Lipinski definition) is 1. The lowest BCUT2D eigenvalue weighted by Gasteiger charge is -2.30. The molecule has 1 N–H and O–H groups in total. The summed E-state index contributed by atoms with van der Waals surface area (Å²) < 4.78 is 0.943. The molecule has 0 spiro atoms. The quantitative estimate of drug-likeness (QED) is 0.482. The number of carbonyl (C=O) groups excluding carboxylic acids is 1. The summed E-state index contributed by atoms with van der Waals surface area (Å²) in [5, 5.41) is 6.37. The molecule has 1 aliphatic heterocycles. The Balaban J connectivity index is 1.47. The monoisotopic (exact) mass is 488 g/mol. The number of hydrogen-bond acceptors (Lipinski definition) is 6. The summed E-state index contributed by atoms with van der Waals surface area (Å²) in [6.07, 6.45) is 3.73. The van der Waals surface area contributed by atoms with Crippen molar-refractivity contribution in [1.82, 2.24) is 14.9 Å². The standard InChI is InChI=1S/C21H21BrN4OS2/c1-14(27)26-9-7-15(8-10-26)18-13-28-21(24-18)25-20-19(11-16(22)12-23-20)29-17-5-3-2-4-6-17/h2-6,11-13,15H,7-10H2,1H3,(H,23,24,25). The minimum atomic E-state index is 0.161. The van der Waals surface area contributed by atoms with Crippen molar-refractivity contribution in [2.75, 3.05) is 18.4 Å². The lowest BCUT2D eigenvalue weighted by molar-refractivity contribution is -0.129. The molecule has 1 saturated heterocycles. The summed E-state index contributed by atoms with van der Waals surface area (Å²) in [5.74, 6) is 1.37. The number of carbonyl (C=O) groups is 1. The molecule has 0 radical (unpaired) electrons. The summed E-state index contributed by atoms with van der Waals surface area (Å²) in [5.41, 5.74) is 1.11. The third-order valence-electron chi connectivity index (χ3n) is 4.90. The van der Waals surface area contributed by atoms with Gasteiger partial charge in [0, 0.05) is 46.9 Å². The van der Waals surface area contributed by atoms with Crippen LogP contribution in [0.3, 0.4) is 0 Å². The number of benzene rings is 1. The van der Waals surface area contributed by atoms with Crippen LogP contribution in [0.1, 0.15) is 31.4 Å². The van der Waals surface area contributed by atoms with E-state index in [-0.39, 0.29) is 5.91 Å². The Bertz CT molecular complexity index is 987. The second-order valence-electron chi connectivity index (χ2n) is 6.90. The molecule has 0 aliphatic carbocycles. The molecule has 0 saturated carbocycles. The van der Waals surface area contributed by atoms with Crippen LogP contribution in [0.25, 0.3) is 0 Å². The maximum atomic E-state index is 11.5. The van der Waals surface area contributed by atoms with E-state index in [1.807, 2.05) is 23.1 Å². The van der Waals surface area contributed by atoms with E-state index in [0.717, 1.165) is 56.8 Å². The first kappa shape index (κ1) is 20.4. The van der Waals surface area contributed by atoms with Crippen LogP contribution >= 0.6 is 39.0 Å². The number of rotatable bonds is 5. The van der Waals surface area contributed by atoms with Crippen LogP contribution in [0, 0.1) is 0 Å². The van der Waals surface area contributed by atoms with Gasteiger partial charge in [-0.25, -0.2) is 9.97 Å². The van der Waals surface area contributed by atoms with Crippen molar-refractivity contribution in [2.45, 2.75) is 35.5 Å². The van der Waals surface area contributed by atoms with Gasteiger partial charge in [-0.05, 0) is 47.0 Å². The van der Waals surface area contributed by atoms with E-state index >= 15 is 0 Å². The van der Waals surface area contributed by atoms with E-state index in [0.29, 0.717) is 5.92 Å². The fraction of sp³-hybridized carbons (Fsp3) is 0.286. The third-order valence-corrected chi connectivity index (χ3v) is 7.14. The smallest absolute Gasteiger partial charge is 0.219 e. The number of thiazole rings is 1. The van der Waals surface area contributed by atoms with E-state index in [1.165, 1.54) is 0 Å². The maximum Gasteiger partial charge on any atom is 0.219 e. The number of aromatic nitrogens is 2. The molecule has 5 nitrogen and oxygen atoms in total. The maximum absolute atomic E-state index is 11.5. The molecule has 1 aliphatic rings. The van der Waals surface area contributed by atoms with E-state index < -0.39 is 0 Å². The van der Waals surface area contributed by atoms with Crippen LogP contribution in [0.5, 0.6) is 0 Å². The first-order valence-corrected chi connectivity index (χ1v) is 11.9. The number of anilines is 2. The molecule has 1 aromatic carbocycles. The average molecular weight is 489 g/mol. The van der Waals surface area contributed by atoms with Crippen LogP contribution < -0.4 is 5.32 Å². The fourth-order valence-electron chi connectivity index (χ4n) is 3.33. The van der Waals surface area contributed by atoms with Gasteiger partial charge in [-0.15, -0.1) is 11.3 Å². The van der Waals surface area contributed by atoms with Crippen molar-refractivity contribution in [3.05, 3.63) is 58.1 Å². The largest absolute Gasteiger partial charge is 0.343 e. The number of likely N-dealkylation sites (tertiary alicyclic amines) is 1. The molecule has 8 heteroatoms. The molecular formula is C21H21BrN4OS2. The average Bonchev–Trinajstić information content (AvgIpc) is 3.19. The van der Waals surface area contributed by atoms with E-state index in [1.54, 1.807) is 36.2 Å². The fourth-order valence-corrected chi connectivity index (χ4v) is 5.54. The molecule has 1 fully saturated rings. The van der Waals surface area contributed by atoms with Crippen LogP contribution in [0.2, 0.25) is 0 Å². The zero-order valence-electron chi connectivity index (χ0n) is 16.0. The predicted molar refractivity (Wildman–Crippen MR) is 122 cm³/mol. The molecule has 29 heavy (non-hydrogen) atoms. The van der Waals surface area contributed by atoms with Gasteiger partial charge >= 0.3 is 0 Å². The van der Waals surface area contributed by atoms with Gasteiger partial charge in [-0.3, -0.25) is 4.79 Å². The van der Waals surface area contributed by atoms with Crippen molar-refractivity contribution in [2.24, 2.45) is 0 Å². The predicted octanol–water partition coefficient (Wildman–Crippen LogP) is 5.92. The Hall–Kier alpha value is -1.90. The van der Waals surface area contributed by atoms with Crippen LogP contribution in [-0.2, 0) is 4.79 Å². The second-order valence-corrected chi connectivity index (χ2v) is 9.79. The zero-order valence-corrected chi connectivity index (χ0v) is 19.2. The van der Waals surface area contributed by atoms with Crippen molar-refractivity contribution < 1.29 is 4.79 Å². The first-order chi connectivity index (χ1) is 14.1. The van der Waals surface area contributed by atoms with Gasteiger partial charge in [0.2, 0.25) is 5.91 Å². The number of halogens is 1. The first-order valence-electron chi connectivity index (χ1n) is 9.45. The SMILES string of the molecule is CC(=O)N1CCC(c2csc(Nc3ncc(Br)cc3Sc3ccccc3)n2)CC1. The topological polar surface area (TPSA) is 58.1 Å². The molecule has 0 atom stereocenters.